The second-order valence-electron chi connectivity index (χ2n) is 4.29. The molecule has 19 heavy (non-hydrogen) atoms. The number of carbonyl (C=O) groups excluding carboxylic acids is 2. The molecule has 0 aromatic heterocycles. The molecule has 0 unspecified atom stereocenters. The Morgan fingerprint density at radius 2 is 1.74 bits per heavy atom. The van der Waals surface area contributed by atoms with Crippen LogP contribution in [0.3, 0.4) is 0 Å². The van der Waals surface area contributed by atoms with E-state index in [1.807, 2.05) is 42.5 Å². The van der Waals surface area contributed by atoms with Crippen LogP contribution in [0.15, 0.2) is 42.5 Å². The van der Waals surface area contributed by atoms with E-state index in [1.54, 1.807) is 0 Å². The van der Waals surface area contributed by atoms with Gasteiger partial charge in [0.2, 0.25) is 5.91 Å². The molecule has 0 heterocycles. The van der Waals surface area contributed by atoms with E-state index in [1.165, 1.54) is 0 Å². The number of nitrogens with one attached hydrogen (secondary N) is 1. The molecule has 0 saturated carbocycles. The van der Waals surface area contributed by atoms with Gasteiger partial charge in [-0.05, 0) is 22.8 Å². The Morgan fingerprint density at radius 1 is 1.00 bits per heavy atom. The molecule has 0 aliphatic rings. The maximum atomic E-state index is 11.5. The van der Waals surface area contributed by atoms with Gasteiger partial charge in [0.25, 0.3) is 0 Å². The number of carbonyl (C=O) groups is 2. The van der Waals surface area contributed by atoms with Crippen molar-refractivity contribution in [2.24, 2.45) is 0 Å². The lowest BCUT2D eigenvalue weighted by atomic mass is 10.0. The van der Waals surface area contributed by atoms with E-state index in [2.05, 4.69) is 5.32 Å². The van der Waals surface area contributed by atoms with Crippen molar-refractivity contribution in [3.05, 3.63) is 48.0 Å². The number of aliphatic carboxylic acids is 1. The molecule has 1 N–H and O–H groups in total. The topological polar surface area (TPSA) is 69.2 Å². The van der Waals surface area contributed by atoms with Crippen molar-refractivity contribution in [2.45, 2.75) is 19.4 Å². The van der Waals surface area contributed by atoms with Crippen LogP contribution in [0, 0.1) is 0 Å². The number of hydrogen-bond donors (Lipinski definition) is 1. The molecule has 0 radical (unpaired) electrons. The van der Waals surface area contributed by atoms with Crippen LogP contribution in [-0.2, 0) is 16.1 Å². The van der Waals surface area contributed by atoms with Gasteiger partial charge in [0, 0.05) is 18.9 Å². The zero-order valence-corrected chi connectivity index (χ0v) is 10.4. The van der Waals surface area contributed by atoms with Crippen molar-refractivity contribution in [1.82, 2.24) is 5.32 Å². The standard InChI is InChI=1S/C15H15NO3/c17-14(8-9-15(18)19)16-10-12-6-3-5-11-4-1-2-7-13(11)12/h1-7H,8-10H2,(H,16,17)(H,18,19)/p-1. The summed E-state index contributed by atoms with van der Waals surface area (Å²) in [5.41, 5.74) is 1.01. The molecular formula is C15H14NO3-. The molecule has 2 rings (SSSR count). The van der Waals surface area contributed by atoms with Crippen LogP contribution >= 0.6 is 0 Å². The Hall–Kier alpha value is -2.36. The summed E-state index contributed by atoms with van der Waals surface area (Å²) in [6.45, 7) is 0.396. The van der Waals surface area contributed by atoms with Crippen molar-refractivity contribution in [3.63, 3.8) is 0 Å². The summed E-state index contributed by atoms with van der Waals surface area (Å²) < 4.78 is 0. The first-order valence-electron chi connectivity index (χ1n) is 6.10. The third kappa shape index (κ3) is 3.55. The first kappa shape index (κ1) is 13.1. The van der Waals surface area contributed by atoms with Gasteiger partial charge in [-0.15, -0.1) is 0 Å². The predicted molar refractivity (Wildman–Crippen MR) is 70.0 cm³/mol. The van der Waals surface area contributed by atoms with Crippen molar-refractivity contribution in [1.29, 1.82) is 0 Å². The average Bonchev–Trinajstić information content (AvgIpc) is 2.42. The molecule has 0 bridgehead atoms. The SMILES string of the molecule is O=C([O-])CCC(=O)NCc1cccc2ccccc12. The minimum atomic E-state index is -1.21. The molecule has 2 aromatic carbocycles. The molecule has 0 saturated heterocycles. The average molecular weight is 256 g/mol. The van der Waals surface area contributed by atoms with Crippen molar-refractivity contribution in [2.75, 3.05) is 0 Å². The van der Waals surface area contributed by atoms with Crippen LogP contribution in [-0.4, -0.2) is 11.9 Å². The monoisotopic (exact) mass is 256 g/mol. The van der Waals surface area contributed by atoms with E-state index in [0.29, 0.717) is 6.54 Å². The summed E-state index contributed by atoms with van der Waals surface area (Å²) in [4.78, 5) is 21.7. The molecule has 0 spiro atoms. The highest BCUT2D eigenvalue weighted by atomic mass is 16.4. The maximum Gasteiger partial charge on any atom is 0.220 e. The minimum Gasteiger partial charge on any atom is -0.550 e. The van der Waals surface area contributed by atoms with Crippen molar-refractivity contribution < 1.29 is 14.7 Å². The molecule has 0 atom stereocenters. The van der Waals surface area contributed by atoms with Gasteiger partial charge < -0.3 is 15.2 Å². The van der Waals surface area contributed by atoms with Gasteiger partial charge in [0.15, 0.2) is 0 Å². The van der Waals surface area contributed by atoms with Gasteiger partial charge in [0.1, 0.15) is 0 Å². The second kappa shape index (κ2) is 6.00. The summed E-state index contributed by atoms with van der Waals surface area (Å²) in [6.07, 6.45) is -0.297. The van der Waals surface area contributed by atoms with Crippen LogP contribution in [0.1, 0.15) is 18.4 Å². The minimum absolute atomic E-state index is 0.0485. The fourth-order valence-corrected chi connectivity index (χ4v) is 1.94. The number of carboxylic acids is 1. The lowest BCUT2D eigenvalue weighted by molar-refractivity contribution is -0.305. The second-order valence-corrected chi connectivity index (χ2v) is 4.29. The Kier molecular flexibility index (Phi) is 4.13. The zero-order chi connectivity index (χ0) is 13.7. The maximum absolute atomic E-state index is 11.5. The number of carboxylic acid groups (broad SMARTS) is 1. The fraction of sp³-hybridized carbons (Fsp3) is 0.200. The molecule has 2 aromatic rings. The number of hydrogen-bond acceptors (Lipinski definition) is 3. The van der Waals surface area contributed by atoms with Crippen molar-refractivity contribution in [3.8, 4) is 0 Å². The Labute approximate surface area is 111 Å². The van der Waals surface area contributed by atoms with Crippen molar-refractivity contribution >= 4 is 22.6 Å². The fourth-order valence-electron chi connectivity index (χ4n) is 1.94. The molecule has 0 aliphatic heterocycles. The summed E-state index contributed by atoms with van der Waals surface area (Å²) in [5, 5.41) is 15.2. The summed E-state index contributed by atoms with van der Waals surface area (Å²) in [5.74, 6) is -1.49. The van der Waals surface area contributed by atoms with Gasteiger partial charge in [0.05, 0.1) is 0 Å². The van der Waals surface area contributed by atoms with E-state index in [0.717, 1.165) is 16.3 Å². The molecule has 4 heteroatoms. The molecule has 4 nitrogen and oxygen atoms in total. The highest BCUT2D eigenvalue weighted by Gasteiger charge is 2.04. The quantitative estimate of drug-likeness (QED) is 0.867. The largest absolute Gasteiger partial charge is 0.550 e. The third-order valence-corrected chi connectivity index (χ3v) is 2.91. The molecule has 0 aliphatic carbocycles. The van der Waals surface area contributed by atoms with Gasteiger partial charge in [-0.2, -0.15) is 0 Å². The zero-order valence-electron chi connectivity index (χ0n) is 10.4. The van der Waals surface area contributed by atoms with Crippen LogP contribution in [0.4, 0.5) is 0 Å². The Morgan fingerprint density at radius 3 is 2.53 bits per heavy atom. The number of amides is 1. The molecule has 1 amide bonds. The van der Waals surface area contributed by atoms with Gasteiger partial charge in [-0.3, -0.25) is 4.79 Å². The first-order valence-corrected chi connectivity index (χ1v) is 6.10. The Bertz CT molecular complexity index is 602. The number of rotatable bonds is 5. The smallest absolute Gasteiger partial charge is 0.220 e. The first-order chi connectivity index (χ1) is 9.16. The van der Waals surface area contributed by atoms with E-state index in [-0.39, 0.29) is 18.7 Å². The molecular weight excluding hydrogens is 242 g/mol. The Balaban J connectivity index is 2.02. The van der Waals surface area contributed by atoms with Gasteiger partial charge >= 0.3 is 0 Å². The third-order valence-electron chi connectivity index (χ3n) is 2.91. The number of fused-ring (bicyclic) bond motifs is 1. The van der Waals surface area contributed by atoms with E-state index >= 15 is 0 Å². The van der Waals surface area contributed by atoms with E-state index in [9.17, 15) is 14.7 Å². The predicted octanol–water partition coefficient (Wildman–Crippen LogP) is 0.986. The highest BCUT2D eigenvalue weighted by molar-refractivity contribution is 5.86. The van der Waals surface area contributed by atoms with Gasteiger partial charge in [-0.25, -0.2) is 0 Å². The molecule has 0 fully saturated rings. The summed E-state index contributed by atoms with van der Waals surface area (Å²) >= 11 is 0. The van der Waals surface area contributed by atoms with Crippen LogP contribution in [0.5, 0.6) is 0 Å². The summed E-state index contributed by atoms with van der Waals surface area (Å²) in [6, 6.07) is 13.8. The van der Waals surface area contributed by atoms with Crippen LogP contribution in [0.2, 0.25) is 0 Å². The van der Waals surface area contributed by atoms with Gasteiger partial charge in [-0.1, -0.05) is 42.5 Å². The van der Waals surface area contributed by atoms with E-state index < -0.39 is 5.97 Å². The number of benzene rings is 2. The lowest BCUT2D eigenvalue weighted by Gasteiger charge is -2.08. The lowest BCUT2D eigenvalue weighted by Crippen LogP contribution is -2.27. The highest BCUT2D eigenvalue weighted by Crippen LogP contribution is 2.18. The van der Waals surface area contributed by atoms with E-state index in [4.69, 9.17) is 0 Å². The van der Waals surface area contributed by atoms with Crippen LogP contribution in [0.25, 0.3) is 10.8 Å². The normalized spacial score (nSPS) is 10.3. The van der Waals surface area contributed by atoms with Crippen LogP contribution < -0.4 is 10.4 Å². The summed E-state index contributed by atoms with van der Waals surface area (Å²) in [7, 11) is 0. The molecule has 98 valence electrons.